The molecule has 1 aliphatic rings. The van der Waals surface area contributed by atoms with Crippen LogP contribution in [0.25, 0.3) is 0 Å². The molecule has 2 nitrogen and oxygen atoms in total. The smallest absolute Gasteiger partial charge is 0.228 e. The van der Waals surface area contributed by atoms with E-state index in [-0.39, 0.29) is 5.78 Å². The van der Waals surface area contributed by atoms with E-state index in [0.29, 0.717) is 28.0 Å². The number of allylic oxidation sites excluding steroid dienone is 2. The molecule has 0 aromatic heterocycles. The summed E-state index contributed by atoms with van der Waals surface area (Å²) in [6.45, 7) is 0.586. The summed E-state index contributed by atoms with van der Waals surface area (Å²) in [6.07, 6.45) is 3.62. The summed E-state index contributed by atoms with van der Waals surface area (Å²) in [4.78, 5) is 12.0. The van der Waals surface area contributed by atoms with Crippen molar-refractivity contribution in [2.45, 2.75) is 12.8 Å². The largest absolute Gasteiger partial charge is 0.490 e. The lowest BCUT2D eigenvalue weighted by molar-refractivity contribution is 0.0899. The Morgan fingerprint density at radius 2 is 2.12 bits per heavy atom. The van der Waals surface area contributed by atoms with Gasteiger partial charge in [-0.1, -0.05) is 23.2 Å². The Morgan fingerprint density at radius 3 is 2.75 bits per heavy atom. The van der Waals surface area contributed by atoms with Crippen LogP contribution in [0.5, 0.6) is 0 Å². The second-order valence-electron chi connectivity index (χ2n) is 3.51. The molecule has 0 spiro atoms. The van der Waals surface area contributed by atoms with E-state index in [4.69, 9.17) is 27.9 Å². The van der Waals surface area contributed by atoms with Crippen molar-refractivity contribution in [3.8, 4) is 0 Å². The second-order valence-corrected chi connectivity index (χ2v) is 4.36. The van der Waals surface area contributed by atoms with Gasteiger partial charge in [0.25, 0.3) is 0 Å². The first kappa shape index (κ1) is 11.5. The van der Waals surface area contributed by atoms with Crippen molar-refractivity contribution >= 4 is 29.0 Å². The molecule has 0 unspecified atom stereocenters. The molecular weight excluding hydrogens is 247 g/mol. The zero-order valence-electron chi connectivity index (χ0n) is 8.50. The van der Waals surface area contributed by atoms with E-state index < -0.39 is 0 Å². The summed E-state index contributed by atoms with van der Waals surface area (Å²) >= 11 is 11.7. The van der Waals surface area contributed by atoms with Crippen LogP contribution in [-0.2, 0) is 4.74 Å². The van der Waals surface area contributed by atoms with Crippen molar-refractivity contribution < 1.29 is 9.53 Å². The minimum Gasteiger partial charge on any atom is -0.490 e. The average molecular weight is 257 g/mol. The van der Waals surface area contributed by atoms with Crippen LogP contribution in [0.15, 0.2) is 30.0 Å². The molecule has 1 aliphatic heterocycles. The Morgan fingerprint density at radius 1 is 1.31 bits per heavy atom. The quantitative estimate of drug-likeness (QED) is 0.751. The van der Waals surface area contributed by atoms with Gasteiger partial charge in [-0.25, -0.2) is 0 Å². The maximum Gasteiger partial charge on any atom is 0.228 e. The molecule has 2 rings (SSSR count). The van der Waals surface area contributed by atoms with Crippen LogP contribution in [0, 0.1) is 0 Å². The Balaban J connectivity index is 2.30. The number of halogens is 2. The molecule has 1 aromatic rings. The van der Waals surface area contributed by atoms with Crippen molar-refractivity contribution in [3.63, 3.8) is 0 Å². The van der Waals surface area contributed by atoms with E-state index >= 15 is 0 Å². The summed E-state index contributed by atoms with van der Waals surface area (Å²) < 4.78 is 5.30. The summed E-state index contributed by atoms with van der Waals surface area (Å²) in [5, 5.41) is 0.868. The number of benzene rings is 1. The number of ketones is 1. The van der Waals surface area contributed by atoms with Crippen molar-refractivity contribution in [1.29, 1.82) is 0 Å². The number of Topliss-reactive ketones (excluding diaryl/α,β-unsaturated/α-hetero) is 1. The van der Waals surface area contributed by atoms with Gasteiger partial charge in [0.2, 0.25) is 5.78 Å². The van der Waals surface area contributed by atoms with Gasteiger partial charge < -0.3 is 4.74 Å². The molecule has 1 aromatic carbocycles. The van der Waals surface area contributed by atoms with Gasteiger partial charge in [0, 0.05) is 10.6 Å². The Hall–Kier alpha value is -0.990. The third-order valence-electron chi connectivity index (χ3n) is 2.34. The molecular formula is C12H10Cl2O2. The predicted molar refractivity (Wildman–Crippen MR) is 64.1 cm³/mol. The van der Waals surface area contributed by atoms with Crippen molar-refractivity contribution in [1.82, 2.24) is 0 Å². The van der Waals surface area contributed by atoms with Crippen molar-refractivity contribution in [3.05, 3.63) is 45.6 Å². The van der Waals surface area contributed by atoms with Crippen LogP contribution in [0.4, 0.5) is 0 Å². The molecule has 0 saturated heterocycles. The molecule has 0 saturated carbocycles. The molecule has 0 amide bonds. The molecule has 0 atom stereocenters. The first-order valence-electron chi connectivity index (χ1n) is 5.01. The monoisotopic (exact) mass is 256 g/mol. The van der Waals surface area contributed by atoms with Gasteiger partial charge in [-0.3, -0.25) is 4.79 Å². The Bertz CT molecular complexity index is 452. The minimum atomic E-state index is -0.179. The van der Waals surface area contributed by atoms with E-state index in [1.807, 2.05) is 0 Å². The number of hydrogen-bond acceptors (Lipinski definition) is 2. The van der Waals surface area contributed by atoms with Crippen LogP contribution in [0.2, 0.25) is 10.0 Å². The fourth-order valence-electron chi connectivity index (χ4n) is 1.52. The summed E-state index contributed by atoms with van der Waals surface area (Å²) in [6, 6.07) is 4.82. The maximum atomic E-state index is 12.0. The van der Waals surface area contributed by atoms with Crippen LogP contribution in [0.1, 0.15) is 23.2 Å². The molecule has 4 heteroatoms. The van der Waals surface area contributed by atoms with Gasteiger partial charge in [-0.2, -0.15) is 0 Å². The van der Waals surface area contributed by atoms with E-state index in [9.17, 15) is 4.79 Å². The minimum absolute atomic E-state index is 0.179. The van der Waals surface area contributed by atoms with E-state index in [0.717, 1.165) is 12.8 Å². The lowest BCUT2D eigenvalue weighted by Crippen LogP contribution is -2.11. The Kier molecular flexibility index (Phi) is 3.52. The lowest BCUT2D eigenvalue weighted by Gasteiger charge is -2.14. The van der Waals surface area contributed by atoms with Gasteiger partial charge in [0.15, 0.2) is 5.76 Å². The fraction of sp³-hybridized carbons (Fsp3) is 0.250. The van der Waals surface area contributed by atoms with Crippen LogP contribution in [0.3, 0.4) is 0 Å². The highest BCUT2D eigenvalue weighted by Crippen LogP contribution is 2.24. The van der Waals surface area contributed by atoms with Crippen LogP contribution in [-0.4, -0.2) is 12.4 Å². The van der Waals surface area contributed by atoms with E-state index in [2.05, 4.69) is 0 Å². The third kappa shape index (κ3) is 2.39. The SMILES string of the molecule is O=C(C1=CCCCO1)c1ccc(Cl)cc1Cl. The molecule has 1 heterocycles. The number of hydrogen-bond donors (Lipinski definition) is 0. The summed E-state index contributed by atoms with van der Waals surface area (Å²) in [5.41, 5.74) is 0.430. The maximum absolute atomic E-state index is 12.0. The van der Waals surface area contributed by atoms with Crippen molar-refractivity contribution in [2.75, 3.05) is 6.61 Å². The molecule has 0 aliphatic carbocycles. The molecule has 0 N–H and O–H groups in total. The van der Waals surface area contributed by atoms with Crippen LogP contribution >= 0.6 is 23.2 Å². The molecule has 0 bridgehead atoms. The zero-order chi connectivity index (χ0) is 11.5. The highest BCUT2D eigenvalue weighted by atomic mass is 35.5. The fourth-order valence-corrected chi connectivity index (χ4v) is 2.02. The van der Waals surface area contributed by atoms with Gasteiger partial charge in [-0.15, -0.1) is 0 Å². The van der Waals surface area contributed by atoms with Gasteiger partial charge >= 0.3 is 0 Å². The highest BCUT2D eigenvalue weighted by molar-refractivity contribution is 6.37. The van der Waals surface area contributed by atoms with Gasteiger partial charge in [0.1, 0.15) is 0 Å². The first-order chi connectivity index (χ1) is 7.68. The Labute approximate surface area is 104 Å². The first-order valence-corrected chi connectivity index (χ1v) is 5.77. The average Bonchev–Trinajstić information content (AvgIpc) is 2.29. The number of carbonyl (C=O) groups excluding carboxylic acids is 1. The van der Waals surface area contributed by atoms with E-state index in [1.54, 1.807) is 24.3 Å². The predicted octanol–water partition coefficient (Wildman–Crippen LogP) is 3.87. The number of carbonyl (C=O) groups is 1. The normalized spacial score (nSPS) is 15.2. The standard InChI is InChI=1S/C12H10Cl2O2/c13-8-4-5-9(10(14)7-8)12(15)11-3-1-2-6-16-11/h3-5,7H,1-2,6H2. The van der Waals surface area contributed by atoms with Crippen molar-refractivity contribution in [2.24, 2.45) is 0 Å². The summed E-state index contributed by atoms with van der Waals surface area (Å²) in [5.74, 6) is 0.205. The molecule has 0 fully saturated rings. The number of rotatable bonds is 2. The van der Waals surface area contributed by atoms with Gasteiger partial charge in [-0.05, 0) is 37.1 Å². The zero-order valence-corrected chi connectivity index (χ0v) is 10.0. The van der Waals surface area contributed by atoms with Gasteiger partial charge in [0.05, 0.1) is 11.6 Å². The molecule has 0 radical (unpaired) electrons. The van der Waals surface area contributed by atoms with E-state index in [1.165, 1.54) is 0 Å². The topological polar surface area (TPSA) is 26.3 Å². The lowest BCUT2D eigenvalue weighted by atomic mass is 10.1. The molecule has 84 valence electrons. The summed E-state index contributed by atoms with van der Waals surface area (Å²) in [7, 11) is 0. The number of ether oxygens (including phenoxy) is 1. The molecule has 16 heavy (non-hydrogen) atoms. The highest BCUT2D eigenvalue weighted by Gasteiger charge is 2.18. The third-order valence-corrected chi connectivity index (χ3v) is 2.88. The second kappa shape index (κ2) is 4.89. The van der Waals surface area contributed by atoms with Crippen LogP contribution < -0.4 is 0 Å².